The Balaban J connectivity index is 2.42. The first-order chi connectivity index (χ1) is 30.0. The average molecular weight is 899 g/mol. The number of esters is 2. The Bertz CT molecular complexity index is 1330. The zero-order valence-corrected chi connectivity index (χ0v) is 39.3. The van der Waals surface area contributed by atoms with Crippen LogP contribution in [0.1, 0.15) is 194 Å². The quantitative estimate of drug-likeness (QED) is 0.0198. The van der Waals surface area contributed by atoms with E-state index in [1.807, 2.05) is 0 Å². The summed E-state index contributed by atoms with van der Waals surface area (Å²) in [7, 11) is -4.61. The summed E-state index contributed by atoms with van der Waals surface area (Å²) in [5.41, 5.74) is 0. The van der Waals surface area contributed by atoms with E-state index in [2.05, 4.69) is 62.5 Å². The maximum Gasteiger partial charge on any atom is 0.306 e. The fourth-order valence-electron chi connectivity index (χ4n) is 7.20. The van der Waals surface area contributed by atoms with Crippen molar-refractivity contribution in [2.75, 3.05) is 19.0 Å². The van der Waals surface area contributed by atoms with Gasteiger partial charge >= 0.3 is 11.9 Å². The second-order valence-electron chi connectivity index (χ2n) is 16.8. The van der Waals surface area contributed by atoms with Crippen LogP contribution in [-0.4, -0.2) is 96.0 Å². The van der Waals surface area contributed by atoms with Gasteiger partial charge in [0.1, 0.15) is 36.8 Å². The first-order valence-corrected chi connectivity index (χ1v) is 25.8. The highest BCUT2D eigenvalue weighted by Gasteiger charge is 2.46. The largest absolute Gasteiger partial charge is 0.462 e. The molecular formula is C49H86O12S. The highest BCUT2D eigenvalue weighted by Crippen LogP contribution is 2.24. The molecular weight excluding hydrogens is 813 g/mol. The molecule has 0 aliphatic carbocycles. The SMILES string of the molecule is CC/C=C\C/C=C\C/C=C\C/C=C\CCCCCCCCC(=O)OC(COC(=O)CCCCCCCCCCCCCCCCC)COC1OC(CS(=O)(=O)O)C(O)C(O)C1O. The Morgan fingerprint density at radius 3 is 1.52 bits per heavy atom. The number of allylic oxidation sites excluding steroid dienone is 8. The highest BCUT2D eigenvalue weighted by atomic mass is 32.2. The number of carbonyl (C=O) groups excluding carboxylic acids is 2. The maximum atomic E-state index is 12.8. The van der Waals surface area contributed by atoms with Crippen LogP contribution in [-0.2, 0) is 38.7 Å². The van der Waals surface area contributed by atoms with E-state index in [1.54, 1.807) is 0 Å². The standard InChI is InChI=1S/C49H86O12S/c1-3-5-7-9-11-13-15-17-19-20-21-22-24-26-28-30-32-34-36-38-45(51)60-42(40-59-49-48(54)47(53)46(52)43(61-49)41-62(55,56)57)39-58-44(50)37-35-33-31-29-27-25-23-18-16-14-12-10-8-6-4-2/h5,7,11,13,17,19,21-22,42-43,46-49,52-54H,3-4,6,8-10,12,14-16,18,20,23-41H2,1-2H3,(H,55,56,57)/b7-5-,13-11-,19-17-,22-21-. The lowest BCUT2D eigenvalue weighted by molar-refractivity contribution is -0.297. The van der Waals surface area contributed by atoms with Gasteiger partial charge in [0.15, 0.2) is 12.4 Å². The molecule has 12 nitrogen and oxygen atoms in total. The Labute approximate surface area is 375 Å². The number of ether oxygens (including phenoxy) is 4. The molecule has 0 aromatic heterocycles. The molecule has 13 heteroatoms. The van der Waals surface area contributed by atoms with Gasteiger partial charge in [-0.15, -0.1) is 0 Å². The number of hydrogen-bond donors (Lipinski definition) is 4. The minimum atomic E-state index is -4.61. The summed E-state index contributed by atoms with van der Waals surface area (Å²) < 4.78 is 54.1. The van der Waals surface area contributed by atoms with Crippen molar-refractivity contribution in [2.24, 2.45) is 0 Å². The molecule has 6 unspecified atom stereocenters. The van der Waals surface area contributed by atoms with Crippen molar-refractivity contribution < 1.29 is 56.8 Å². The number of aliphatic hydroxyl groups is 3. The van der Waals surface area contributed by atoms with Gasteiger partial charge in [0.2, 0.25) is 0 Å². The topological polar surface area (TPSA) is 186 Å². The third-order valence-electron chi connectivity index (χ3n) is 10.9. The van der Waals surface area contributed by atoms with Gasteiger partial charge in [-0.25, -0.2) is 0 Å². The van der Waals surface area contributed by atoms with Gasteiger partial charge in [-0.3, -0.25) is 14.1 Å². The average Bonchev–Trinajstić information content (AvgIpc) is 3.24. The zero-order chi connectivity index (χ0) is 45.5. The fourth-order valence-corrected chi connectivity index (χ4v) is 7.89. The van der Waals surface area contributed by atoms with E-state index in [0.29, 0.717) is 12.8 Å². The van der Waals surface area contributed by atoms with E-state index in [-0.39, 0.29) is 19.4 Å². The van der Waals surface area contributed by atoms with E-state index in [0.717, 1.165) is 83.5 Å². The van der Waals surface area contributed by atoms with E-state index < -0.39 is 71.2 Å². The Kier molecular flexibility index (Phi) is 36.3. The summed E-state index contributed by atoms with van der Waals surface area (Å²) in [6.07, 6.45) is 37.2. The molecule has 1 heterocycles. The van der Waals surface area contributed by atoms with E-state index in [9.17, 15) is 37.9 Å². The smallest absolute Gasteiger partial charge is 0.306 e. The maximum absolute atomic E-state index is 12.8. The molecule has 0 aromatic carbocycles. The summed E-state index contributed by atoms with van der Waals surface area (Å²) in [5.74, 6) is -2.00. The molecule has 0 aromatic rings. The third-order valence-corrected chi connectivity index (χ3v) is 11.7. The molecule has 0 saturated carbocycles. The van der Waals surface area contributed by atoms with Gasteiger partial charge in [0, 0.05) is 12.8 Å². The van der Waals surface area contributed by atoms with Crippen LogP contribution >= 0.6 is 0 Å². The van der Waals surface area contributed by atoms with Crippen LogP contribution in [0.4, 0.5) is 0 Å². The molecule has 4 N–H and O–H groups in total. The second-order valence-corrected chi connectivity index (χ2v) is 18.2. The Morgan fingerprint density at radius 2 is 1.02 bits per heavy atom. The van der Waals surface area contributed by atoms with Crippen LogP contribution in [0.5, 0.6) is 0 Å². The molecule has 1 aliphatic rings. The van der Waals surface area contributed by atoms with Crippen LogP contribution in [0.25, 0.3) is 0 Å². The monoisotopic (exact) mass is 899 g/mol. The molecule has 0 amide bonds. The van der Waals surface area contributed by atoms with Crippen LogP contribution in [0, 0.1) is 0 Å². The van der Waals surface area contributed by atoms with E-state index in [4.69, 9.17) is 18.9 Å². The lowest BCUT2D eigenvalue weighted by atomic mass is 10.00. The first-order valence-electron chi connectivity index (χ1n) is 24.2. The van der Waals surface area contributed by atoms with Crippen molar-refractivity contribution in [3.63, 3.8) is 0 Å². The number of aliphatic hydroxyl groups excluding tert-OH is 3. The van der Waals surface area contributed by atoms with Gasteiger partial charge < -0.3 is 34.3 Å². The molecule has 1 rings (SSSR count). The molecule has 1 fully saturated rings. The summed E-state index contributed by atoms with van der Waals surface area (Å²) in [6, 6.07) is 0. The number of rotatable bonds is 40. The van der Waals surface area contributed by atoms with Crippen molar-refractivity contribution in [1.82, 2.24) is 0 Å². The van der Waals surface area contributed by atoms with Crippen molar-refractivity contribution >= 4 is 22.1 Å². The van der Waals surface area contributed by atoms with Crippen molar-refractivity contribution in [2.45, 2.75) is 230 Å². The summed E-state index contributed by atoms with van der Waals surface area (Å²) in [6.45, 7) is 3.65. The van der Waals surface area contributed by atoms with Crippen molar-refractivity contribution in [1.29, 1.82) is 0 Å². The van der Waals surface area contributed by atoms with E-state index >= 15 is 0 Å². The van der Waals surface area contributed by atoms with E-state index in [1.165, 1.54) is 70.6 Å². The van der Waals surface area contributed by atoms with Crippen LogP contribution in [0.15, 0.2) is 48.6 Å². The Morgan fingerprint density at radius 1 is 0.565 bits per heavy atom. The lowest BCUT2D eigenvalue weighted by Gasteiger charge is -2.40. The summed E-state index contributed by atoms with van der Waals surface area (Å²) >= 11 is 0. The minimum absolute atomic E-state index is 0.148. The van der Waals surface area contributed by atoms with Crippen molar-refractivity contribution in [3.8, 4) is 0 Å². The fraction of sp³-hybridized carbons (Fsp3) is 0.796. The minimum Gasteiger partial charge on any atom is -0.462 e. The summed E-state index contributed by atoms with van der Waals surface area (Å²) in [4.78, 5) is 25.5. The molecule has 6 atom stereocenters. The predicted molar refractivity (Wildman–Crippen MR) is 247 cm³/mol. The normalized spacial score (nSPS) is 20.3. The van der Waals surface area contributed by atoms with Gasteiger partial charge in [0.05, 0.1) is 6.61 Å². The van der Waals surface area contributed by atoms with Gasteiger partial charge in [-0.05, 0) is 51.4 Å². The van der Waals surface area contributed by atoms with Gasteiger partial charge in [-0.1, -0.05) is 178 Å². The second kappa shape index (κ2) is 39.0. The molecule has 62 heavy (non-hydrogen) atoms. The van der Waals surface area contributed by atoms with Crippen LogP contribution in [0.2, 0.25) is 0 Å². The van der Waals surface area contributed by atoms with Crippen LogP contribution < -0.4 is 0 Å². The highest BCUT2D eigenvalue weighted by molar-refractivity contribution is 7.85. The summed E-state index contributed by atoms with van der Waals surface area (Å²) in [5, 5.41) is 30.9. The number of hydrogen-bond acceptors (Lipinski definition) is 11. The zero-order valence-electron chi connectivity index (χ0n) is 38.5. The number of carbonyl (C=O) groups is 2. The molecule has 1 saturated heterocycles. The molecule has 0 radical (unpaired) electrons. The number of unbranched alkanes of at least 4 members (excludes halogenated alkanes) is 20. The van der Waals surface area contributed by atoms with Crippen molar-refractivity contribution in [3.05, 3.63) is 48.6 Å². The lowest BCUT2D eigenvalue weighted by Crippen LogP contribution is -2.60. The van der Waals surface area contributed by atoms with Crippen LogP contribution in [0.3, 0.4) is 0 Å². The first kappa shape index (κ1) is 57.6. The molecule has 360 valence electrons. The molecule has 0 spiro atoms. The Hall–Kier alpha value is -2.39. The third kappa shape index (κ3) is 33.2. The molecule has 1 aliphatic heterocycles. The molecule has 0 bridgehead atoms. The predicted octanol–water partition coefficient (Wildman–Crippen LogP) is 10.3. The van der Waals surface area contributed by atoms with Gasteiger partial charge in [0.25, 0.3) is 10.1 Å². The van der Waals surface area contributed by atoms with Gasteiger partial charge in [-0.2, -0.15) is 8.42 Å².